The average molecular weight is 471 g/mol. The summed E-state index contributed by atoms with van der Waals surface area (Å²) in [4.78, 5) is 25.2. The Morgan fingerprint density at radius 2 is 1.59 bits per heavy atom. The number of fused-ring (bicyclic) bond motifs is 7. The van der Waals surface area contributed by atoms with Crippen LogP contribution in [-0.4, -0.2) is 28.1 Å². The number of carboxylic acid groups (broad SMARTS) is 1. The first-order valence-corrected chi connectivity index (χ1v) is 13.7. The molecule has 5 rings (SSSR count). The lowest BCUT2D eigenvalue weighted by Gasteiger charge is -2.71. The second-order valence-corrected chi connectivity index (χ2v) is 14.8. The van der Waals surface area contributed by atoms with Crippen LogP contribution in [0.3, 0.4) is 0 Å². The minimum atomic E-state index is -0.646. The van der Waals surface area contributed by atoms with Gasteiger partial charge in [-0.2, -0.15) is 0 Å². The van der Waals surface area contributed by atoms with E-state index in [1.165, 1.54) is 5.57 Å². The maximum absolute atomic E-state index is 12.9. The second-order valence-electron chi connectivity index (χ2n) is 14.8. The lowest BCUT2D eigenvalue weighted by atomic mass is 9.33. The van der Waals surface area contributed by atoms with Crippen molar-refractivity contribution in [3.8, 4) is 0 Å². The number of rotatable bonds is 1. The van der Waals surface area contributed by atoms with Gasteiger partial charge in [-0.15, -0.1) is 0 Å². The molecule has 9 atom stereocenters. The van der Waals surface area contributed by atoms with Crippen LogP contribution in [0.1, 0.15) is 106 Å². The number of Topliss-reactive ketones (excluding diaryl/α,β-unsaturated/α-hetero) is 1. The number of carboxylic acids is 1. The van der Waals surface area contributed by atoms with E-state index in [-0.39, 0.29) is 39.8 Å². The highest BCUT2D eigenvalue weighted by atomic mass is 16.4. The van der Waals surface area contributed by atoms with Crippen LogP contribution in [0.15, 0.2) is 11.6 Å². The highest BCUT2D eigenvalue weighted by molar-refractivity contribution is 5.86. The summed E-state index contributed by atoms with van der Waals surface area (Å²) in [5.41, 5.74) is 0.442. The van der Waals surface area contributed by atoms with Crippen molar-refractivity contribution in [3.63, 3.8) is 0 Å². The van der Waals surface area contributed by atoms with Crippen LogP contribution in [0.4, 0.5) is 0 Å². The quantitative estimate of drug-likeness (QED) is 0.434. The second kappa shape index (κ2) is 6.99. The first kappa shape index (κ1) is 24.5. The Labute approximate surface area is 206 Å². The molecule has 0 saturated heterocycles. The zero-order valence-electron chi connectivity index (χ0n) is 22.5. The van der Waals surface area contributed by atoms with Gasteiger partial charge in [0.2, 0.25) is 0 Å². The maximum Gasteiger partial charge on any atom is 0.309 e. The molecule has 0 aromatic heterocycles. The highest BCUT2D eigenvalue weighted by Crippen LogP contribution is 2.75. The van der Waals surface area contributed by atoms with Crippen LogP contribution in [0.2, 0.25) is 0 Å². The average Bonchev–Trinajstić information content (AvgIpc) is 2.74. The molecule has 34 heavy (non-hydrogen) atoms. The molecule has 0 heterocycles. The van der Waals surface area contributed by atoms with Gasteiger partial charge < -0.3 is 10.2 Å². The smallest absolute Gasteiger partial charge is 0.309 e. The molecule has 0 radical (unpaired) electrons. The summed E-state index contributed by atoms with van der Waals surface area (Å²) in [5.74, 6) is 0.416. The fraction of sp³-hybridized carbons (Fsp3) is 0.867. The number of carbonyl (C=O) groups excluding carboxylic acids is 1. The third kappa shape index (κ3) is 2.75. The molecule has 0 aromatic carbocycles. The number of aliphatic hydroxyl groups is 1. The van der Waals surface area contributed by atoms with Crippen LogP contribution >= 0.6 is 0 Å². The Balaban J connectivity index is 1.60. The minimum Gasteiger partial charge on any atom is -0.481 e. The van der Waals surface area contributed by atoms with Crippen molar-refractivity contribution >= 4 is 11.8 Å². The van der Waals surface area contributed by atoms with E-state index in [1.54, 1.807) is 0 Å². The van der Waals surface area contributed by atoms with E-state index in [0.717, 1.165) is 51.4 Å². The van der Waals surface area contributed by atoms with Gasteiger partial charge in [0.05, 0.1) is 11.5 Å². The summed E-state index contributed by atoms with van der Waals surface area (Å²) in [6, 6.07) is 0. The Hall–Kier alpha value is -1.16. The van der Waals surface area contributed by atoms with E-state index >= 15 is 0 Å². The molecule has 4 nitrogen and oxygen atoms in total. The number of aliphatic carboxylic acids is 1. The van der Waals surface area contributed by atoms with Gasteiger partial charge in [-0.25, -0.2) is 0 Å². The van der Waals surface area contributed by atoms with Crippen LogP contribution < -0.4 is 0 Å². The molecule has 5 aliphatic rings. The summed E-state index contributed by atoms with van der Waals surface area (Å²) in [7, 11) is 0. The van der Waals surface area contributed by atoms with Crippen LogP contribution in [0, 0.1) is 50.2 Å². The van der Waals surface area contributed by atoms with Gasteiger partial charge in [0, 0.05) is 17.3 Å². The van der Waals surface area contributed by atoms with Gasteiger partial charge in [-0.1, -0.05) is 53.2 Å². The molecule has 4 fully saturated rings. The Morgan fingerprint density at radius 3 is 2.24 bits per heavy atom. The maximum atomic E-state index is 12.9. The van der Waals surface area contributed by atoms with Gasteiger partial charge >= 0.3 is 5.97 Å². The predicted octanol–water partition coefficient (Wildman–Crippen LogP) is 6.41. The SMILES string of the molecule is CC1(C(=O)O)CCC2(C)CCC3(C)C(=CCC4C5(C)C(O)CC(=O)C(C)(C)C5CCC43C)C2C1. The molecule has 190 valence electrons. The Kier molecular flexibility index (Phi) is 5.04. The van der Waals surface area contributed by atoms with Crippen LogP contribution in [-0.2, 0) is 9.59 Å². The number of aliphatic hydroxyl groups excluding tert-OH is 1. The van der Waals surface area contributed by atoms with Crippen molar-refractivity contribution in [3.05, 3.63) is 11.6 Å². The zero-order valence-corrected chi connectivity index (χ0v) is 22.5. The summed E-state index contributed by atoms with van der Waals surface area (Å²) in [6.07, 6.45) is 9.97. The Bertz CT molecular complexity index is 965. The third-order valence-corrected chi connectivity index (χ3v) is 13.2. The van der Waals surface area contributed by atoms with Crippen molar-refractivity contribution in [2.24, 2.45) is 50.2 Å². The molecule has 0 spiro atoms. The molecule has 9 unspecified atom stereocenters. The molecule has 0 aliphatic heterocycles. The zero-order chi connectivity index (χ0) is 25.1. The standard InChI is InChI=1S/C30H46O4/c1-25(2)20-10-11-29(6)21(30(20,7)23(32)16-22(25)31)9-8-18-19-17-27(4,24(33)34)13-12-26(19,3)14-15-28(18,29)5/h8,19-21,23,32H,9-17H2,1-7H3,(H,33,34). The molecule has 0 amide bonds. The minimum absolute atomic E-state index is 0.0101. The lowest BCUT2D eigenvalue weighted by molar-refractivity contribution is -0.216. The summed E-state index contributed by atoms with van der Waals surface area (Å²) >= 11 is 0. The predicted molar refractivity (Wildman–Crippen MR) is 133 cm³/mol. The topological polar surface area (TPSA) is 74.6 Å². The summed E-state index contributed by atoms with van der Waals surface area (Å²) in [5, 5.41) is 21.5. The molecule has 4 saturated carbocycles. The van der Waals surface area contributed by atoms with Crippen molar-refractivity contribution in [1.82, 2.24) is 0 Å². The first-order chi connectivity index (χ1) is 15.6. The third-order valence-electron chi connectivity index (χ3n) is 13.2. The summed E-state index contributed by atoms with van der Waals surface area (Å²) in [6.45, 7) is 15.8. The number of hydrogen-bond acceptors (Lipinski definition) is 3. The van der Waals surface area contributed by atoms with Crippen LogP contribution in [0.25, 0.3) is 0 Å². The van der Waals surface area contributed by atoms with Crippen molar-refractivity contribution < 1.29 is 19.8 Å². The largest absolute Gasteiger partial charge is 0.481 e. The van der Waals surface area contributed by atoms with Crippen molar-refractivity contribution in [2.45, 2.75) is 112 Å². The Morgan fingerprint density at radius 1 is 0.941 bits per heavy atom. The van der Waals surface area contributed by atoms with Crippen LogP contribution in [0.5, 0.6) is 0 Å². The van der Waals surface area contributed by atoms with E-state index in [2.05, 4.69) is 47.6 Å². The van der Waals surface area contributed by atoms with E-state index in [0.29, 0.717) is 11.8 Å². The van der Waals surface area contributed by atoms with Gasteiger partial charge in [0.1, 0.15) is 5.78 Å². The number of ketones is 1. The molecular formula is C30H46O4. The monoisotopic (exact) mass is 470 g/mol. The van der Waals surface area contributed by atoms with Gasteiger partial charge in [0.15, 0.2) is 0 Å². The van der Waals surface area contributed by atoms with Crippen molar-refractivity contribution in [1.29, 1.82) is 0 Å². The number of carbonyl (C=O) groups is 2. The highest BCUT2D eigenvalue weighted by Gasteiger charge is 2.70. The molecule has 0 aromatic rings. The van der Waals surface area contributed by atoms with E-state index < -0.39 is 22.9 Å². The molecule has 2 N–H and O–H groups in total. The fourth-order valence-electron chi connectivity index (χ4n) is 10.3. The number of hydrogen-bond donors (Lipinski definition) is 2. The van der Waals surface area contributed by atoms with Gasteiger partial charge in [-0.05, 0) is 92.3 Å². The van der Waals surface area contributed by atoms with Gasteiger partial charge in [-0.3, -0.25) is 9.59 Å². The fourth-order valence-corrected chi connectivity index (χ4v) is 10.3. The van der Waals surface area contributed by atoms with E-state index in [1.807, 2.05) is 6.92 Å². The molecule has 5 aliphatic carbocycles. The van der Waals surface area contributed by atoms with E-state index in [9.17, 15) is 19.8 Å². The lowest BCUT2D eigenvalue weighted by Crippen LogP contribution is -2.67. The molecule has 4 heteroatoms. The number of allylic oxidation sites excluding steroid dienone is 2. The summed E-state index contributed by atoms with van der Waals surface area (Å²) < 4.78 is 0. The van der Waals surface area contributed by atoms with Gasteiger partial charge in [0.25, 0.3) is 0 Å². The molecular weight excluding hydrogens is 424 g/mol. The van der Waals surface area contributed by atoms with Crippen molar-refractivity contribution in [2.75, 3.05) is 0 Å². The normalized spacial score (nSPS) is 54.1. The molecule has 0 bridgehead atoms. The first-order valence-electron chi connectivity index (χ1n) is 13.7. The van der Waals surface area contributed by atoms with E-state index in [4.69, 9.17) is 0 Å².